The molecule has 0 radical (unpaired) electrons. The fourth-order valence-electron chi connectivity index (χ4n) is 4.12. The summed E-state index contributed by atoms with van der Waals surface area (Å²) in [5, 5.41) is 4.95. The topological polar surface area (TPSA) is 67.9 Å². The lowest BCUT2D eigenvalue weighted by molar-refractivity contribution is -0.113. The first-order valence-corrected chi connectivity index (χ1v) is 12.3. The van der Waals surface area contributed by atoms with Gasteiger partial charge in [0.25, 0.3) is 5.91 Å². The molecule has 1 saturated heterocycles. The van der Waals surface area contributed by atoms with Crippen LogP contribution in [0.5, 0.6) is 11.5 Å². The molecule has 7 heteroatoms. The molecule has 1 aliphatic heterocycles. The summed E-state index contributed by atoms with van der Waals surface area (Å²) in [6, 6.07) is 26.2. The fraction of sp³-hybridized carbons (Fsp3) is 0.103. The molecular formula is C29H23BrN2O4. The molecule has 36 heavy (non-hydrogen) atoms. The van der Waals surface area contributed by atoms with E-state index in [0.717, 1.165) is 21.2 Å². The molecule has 0 unspecified atom stereocenters. The Labute approximate surface area is 217 Å². The predicted molar refractivity (Wildman–Crippen MR) is 144 cm³/mol. The van der Waals surface area contributed by atoms with E-state index < -0.39 is 11.9 Å². The molecule has 1 aliphatic rings. The van der Waals surface area contributed by atoms with Gasteiger partial charge in [-0.2, -0.15) is 0 Å². The normalized spacial score (nSPS) is 14.4. The van der Waals surface area contributed by atoms with Crippen molar-refractivity contribution in [3.8, 4) is 11.5 Å². The third-order valence-corrected chi connectivity index (χ3v) is 6.51. The molecule has 6 nitrogen and oxygen atoms in total. The van der Waals surface area contributed by atoms with Gasteiger partial charge >= 0.3 is 6.03 Å². The minimum absolute atomic E-state index is 0.177. The van der Waals surface area contributed by atoms with E-state index in [9.17, 15) is 9.59 Å². The Balaban J connectivity index is 1.42. The monoisotopic (exact) mass is 542 g/mol. The molecule has 3 amide bonds. The summed E-state index contributed by atoms with van der Waals surface area (Å²) in [6.45, 7) is 2.71. The average Bonchev–Trinajstić information content (AvgIpc) is 3.17. The number of nitrogens with one attached hydrogen (secondary N) is 1. The van der Waals surface area contributed by atoms with Crippen LogP contribution in [0, 0.1) is 0 Å². The van der Waals surface area contributed by atoms with Crippen molar-refractivity contribution in [2.45, 2.75) is 13.5 Å². The minimum Gasteiger partial charge on any atom is -0.490 e. The van der Waals surface area contributed by atoms with E-state index in [2.05, 4.69) is 39.4 Å². The van der Waals surface area contributed by atoms with Gasteiger partial charge in [-0.3, -0.25) is 4.79 Å². The van der Waals surface area contributed by atoms with Crippen LogP contribution in [0.15, 0.2) is 95.1 Å². The summed E-state index contributed by atoms with van der Waals surface area (Å²) in [5.41, 5.74) is 2.43. The molecule has 1 heterocycles. The average molecular weight is 543 g/mol. The van der Waals surface area contributed by atoms with E-state index in [1.807, 2.05) is 43.3 Å². The fourth-order valence-corrected chi connectivity index (χ4v) is 4.56. The van der Waals surface area contributed by atoms with Crippen molar-refractivity contribution in [3.63, 3.8) is 0 Å². The lowest BCUT2D eigenvalue weighted by Crippen LogP contribution is -2.30. The third-order valence-electron chi connectivity index (χ3n) is 5.82. The van der Waals surface area contributed by atoms with E-state index in [1.165, 1.54) is 0 Å². The van der Waals surface area contributed by atoms with Gasteiger partial charge in [0.2, 0.25) is 0 Å². The number of rotatable bonds is 7. The van der Waals surface area contributed by atoms with E-state index in [0.29, 0.717) is 40.4 Å². The molecule has 0 saturated carbocycles. The summed E-state index contributed by atoms with van der Waals surface area (Å²) in [6.07, 6.45) is 1.63. The molecule has 1 fully saturated rings. The quantitative estimate of drug-likeness (QED) is 0.209. The number of carbonyl (C=O) groups is 2. The molecule has 0 aromatic heterocycles. The van der Waals surface area contributed by atoms with Crippen molar-refractivity contribution in [2.24, 2.45) is 0 Å². The van der Waals surface area contributed by atoms with E-state index in [1.54, 1.807) is 36.4 Å². The second-order valence-electron chi connectivity index (χ2n) is 8.14. The summed E-state index contributed by atoms with van der Waals surface area (Å²) in [5.74, 6) is 0.698. The largest absolute Gasteiger partial charge is 0.490 e. The number of carbonyl (C=O) groups excluding carboxylic acids is 2. The highest BCUT2D eigenvalue weighted by Gasteiger charge is 2.34. The molecular weight excluding hydrogens is 520 g/mol. The van der Waals surface area contributed by atoms with Crippen molar-refractivity contribution in [3.05, 3.63) is 106 Å². The maximum atomic E-state index is 13.0. The van der Waals surface area contributed by atoms with Crippen LogP contribution in [-0.4, -0.2) is 18.5 Å². The second kappa shape index (κ2) is 10.3. The Hall–Kier alpha value is -4.10. The van der Waals surface area contributed by atoms with E-state index in [-0.39, 0.29) is 5.70 Å². The first kappa shape index (κ1) is 23.6. The number of amides is 3. The lowest BCUT2D eigenvalue weighted by atomic mass is 10.1. The number of hydrogen-bond acceptors (Lipinski definition) is 4. The highest BCUT2D eigenvalue weighted by molar-refractivity contribution is 9.10. The summed E-state index contributed by atoms with van der Waals surface area (Å²) < 4.78 is 12.7. The van der Waals surface area contributed by atoms with Gasteiger partial charge in [0.05, 0.1) is 12.3 Å². The smallest absolute Gasteiger partial charge is 0.333 e. The van der Waals surface area contributed by atoms with Crippen LogP contribution in [-0.2, 0) is 11.4 Å². The van der Waals surface area contributed by atoms with Crippen LogP contribution in [0.25, 0.3) is 16.8 Å². The van der Waals surface area contributed by atoms with Crippen molar-refractivity contribution in [1.29, 1.82) is 0 Å². The Bertz CT molecular complexity index is 1480. The van der Waals surface area contributed by atoms with Gasteiger partial charge in [-0.25, -0.2) is 9.69 Å². The molecule has 180 valence electrons. The molecule has 4 aromatic rings. The minimum atomic E-state index is -0.492. The number of fused-ring (bicyclic) bond motifs is 1. The number of benzene rings is 4. The maximum Gasteiger partial charge on any atom is 0.333 e. The SMILES string of the molecule is CCOc1cc(/C=C2/NC(=O)N(c3ccccc3)C2=O)c(Br)cc1OCc1cccc2ccccc12. The molecule has 4 aromatic carbocycles. The Morgan fingerprint density at radius 3 is 2.42 bits per heavy atom. The second-order valence-corrected chi connectivity index (χ2v) is 9.00. The van der Waals surface area contributed by atoms with Crippen LogP contribution in [0.2, 0.25) is 0 Å². The number of ether oxygens (including phenoxy) is 2. The highest BCUT2D eigenvalue weighted by Crippen LogP contribution is 2.36. The number of halogens is 1. The van der Waals surface area contributed by atoms with Crippen molar-refractivity contribution in [1.82, 2.24) is 5.32 Å². The van der Waals surface area contributed by atoms with Crippen LogP contribution in [0.1, 0.15) is 18.1 Å². The molecule has 0 atom stereocenters. The Morgan fingerprint density at radius 1 is 0.889 bits per heavy atom. The van der Waals surface area contributed by atoms with Crippen molar-refractivity contribution in [2.75, 3.05) is 11.5 Å². The zero-order chi connectivity index (χ0) is 25.1. The van der Waals surface area contributed by atoms with Crippen LogP contribution in [0.4, 0.5) is 10.5 Å². The van der Waals surface area contributed by atoms with Gasteiger partial charge < -0.3 is 14.8 Å². The number of nitrogens with zero attached hydrogens (tertiary/aromatic N) is 1. The first-order chi connectivity index (χ1) is 17.5. The maximum absolute atomic E-state index is 13.0. The van der Waals surface area contributed by atoms with Gasteiger partial charge in [-0.1, -0.05) is 76.6 Å². The first-order valence-electron chi connectivity index (χ1n) is 11.5. The summed E-state index contributed by atoms with van der Waals surface area (Å²) >= 11 is 3.58. The van der Waals surface area contributed by atoms with Crippen LogP contribution in [0.3, 0.4) is 0 Å². The molecule has 1 N–H and O–H groups in total. The Kier molecular flexibility index (Phi) is 6.73. The lowest BCUT2D eigenvalue weighted by Gasteiger charge is -2.15. The molecule has 0 spiro atoms. The van der Waals surface area contributed by atoms with Gasteiger partial charge in [0, 0.05) is 4.47 Å². The van der Waals surface area contributed by atoms with Crippen LogP contribution >= 0.6 is 15.9 Å². The molecule has 5 rings (SSSR count). The van der Waals surface area contributed by atoms with Gasteiger partial charge in [-0.15, -0.1) is 0 Å². The van der Waals surface area contributed by atoms with Crippen molar-refractivity contribution >= 4 is 50.4 Å². The van der Waals surface area contributed by atoms with Crippen molar-refractivity contribution < 1.29 is 19.1 Å². The Morgan fingerprint density at radius 2 is 1.61 bits per heavy atom. The molecule has 0 bridgehead atoms. The van der Waals surface area contributed by atoms with E-state index in [4.69, 9.17) is 9.47 Å². The molecule has 0 aliphatic carbocycles. The summed E-state index contributed by atoms with van der Waals surface area (Å²) in [4.78, 5) is 26.6. The highest BCUT2D eigenvalue weighted by atomic mass is 79.9. The predicted octanol–water partition coefficient (Wildman–Crippen LogP) is 6.68. The zero-order valence-electron chi connectivity index (χ0n) is 19.5. The number of hydrogen-bond donors (Lipinski definition) is 1. The number of para-hydroxylation sites is 1. The number of anilines is 1. The number of urea groups is 1. The summed E-state index contributed by atoms with van der Waals surface area (Å²) in [7, 11) is 0. The van der Waals surface area contributed by atoms with Crippen LogP contribution < -0.4 is 19.7 Å². The van der Waals surface area contributed by atoms with Gasteiger partial charge in [0.15, 0.2) is 11.5 Å². The third kappa shape index (κ3) is 4.70. The van der Waals surface area contributed by atoms with Gasteiger partial charge in [0.1, 0.15) is 12.3 Å². The van der Waals surface area contributed by atoms with E-state index >= 15 is 0 Å². The van der Waals surface area contributed by atoms with Gasteiger partial charge in [-0.05, 0) is 59.2 Å². The zero-order valence-corrected chi connectivity index (χ0v) is 21.1. The standard InChI is InChI=1S/C29H23BrN2O4/c1-2-35-26-16-21(15-25-28(33)32(29(34)31-25)22-12-4-3-5-13-22)24(30)17-27(26)36-18-20-11-8-10-19-9-6-7-14-23(19)20/h3-17H,2,18H2,1H3,(H,31,34)/b25-15+. The number of imide groups is 1.